The second-order valence-corrected chi connectivity index (χ2v) is 5.51. The molecule has 0 fully saturated rings. The topological polar surface area (TPSA) is 42.2 Å². The summed E-state index contributed by atoms with van der Waals surface area (Å²) >= 11 is 3.35. The van der Waals surface area contributed by atoms with Crippen LogP contribution in [-0.4, -0.2) is 14.4 Å². The van der Waals surface area contributed by atoms with Gasteiger partial charge in [-0.25, -0.2) is 9.97 Å². The molecular formula is C14H10BrF3N4. The van der Waals surface area contributed by atoms with E-state index in [1.165, 1.54) is 12.3 Å². The number of alkyl halides is 3. The lowest BCUT2D eigenvalue weighted by molar-refractivity contribution is -0.137. The molecule has 0 aliphatic carbocycles. The van der Waals surface area contributed by atoms with E-state index in [0.717, 1.165) is 16.2 Å². The van der Waals surface area contributed by atoms with Crippen LogP contribution in [0.25, 0.3) is 5.65 Å². The summed E-state index contributed by atoms with van der Waals surface area (Å²) in [5, 5.41) is 2.69. The van der Waals surface area contributed by atoms with Crippen LogP contribution in [0.2, 0.25) is 0 Å². The average Bonchev–Trinajstić information content (AvgIpc) is 2.86. The van der Waals surface area contributed by atoms with E-state index in [4.69, 9.17) is 0 Å². The van der Waals surface area contributed by atoms with Gasteiger partial charge in [0.05, 0.1) is 17.8 Å². The molecule has 114 valence electrons. The smallest absolute Gasteiger partial charge is 0.364 e. The molecule has 0 atom stereocenters. The highest BCUT2D eigenvalue weighted by molar-refractivity contribution is 9.10. The van der Waals surface area contributed by atoms with E-state index in [1.54, 1.807) is 10.6 Å². The van der Waals surface area contributed by atoms with Gasteiger partial charge in [-0.3, -0.25) is 0 Å². The molecule has 0 spiro atoms. The monoisotopic (exact) mass is 370 g/mol. The van der Waals surface area contributed by atoms with Gasteiger partial charge in [0.15, 0.2) is 0 Å². The van der Waals surface area contributed by atoms with Gasteiger partial charge in [0.2, 0.25) is 0 Å². The summed E-state index contributed by atoms with van der Waals surface area (Å²) in [6.45, 7) is 0.152. The number of imidazole rings is 1. The maximum absolute atomic E-state index is 12.9. The van der Waals surface area contributed by atoms with Crippen molar-refractivity contribution in [2.45, 2.75) is 12.7 Å². The molecule has 0 saturated carbocycles. The number of hydrogen-bond donors (Lipinski definition) is 1. The standard InChI is InChI=1S/C14H10BrF3N4/c15-9-3-4-12-21-10(8-22(12)7-9)6-20-13-11(14(16,17)18)2-1-5-19-13/h1-5,7-8H,6H2,(H,19,20). The van der Waals surface area contributed by atoms with Crippen LogP contribution in [0.5, 0.6) is 0 Å². The molecule has 0 aliphatic heterocycles. The van der Waals surface area contributed by atoms with Crippen LogP contribution in [0.15, 0.2) is 47.3 Å². The molecule has 22 heavy (non-hydrogen) atoms. The third-order valence-corrected chi connectivity index (χ3v) is 3.48. The van der Waals surface area contributed by atoms with Crippen molar-refractivity contribution in [3.8, 4) is 0 Å². The van der Waals surface area contributed by atoms with Gasteiger partial charge in [0.1, 0.15) is 11.5 Å². The van der Waals surface area contributed by atoms with Crippen molar-refractivity contribution in [1.82, 2.24) is 14.4 Å². The van der Waals surface area contributed by atoms with Gasteiger partial charge in [-0.05, 0) is 40.2 Å². The number of aromatic nitrogens is 3. The molecule has 0 aliphatic rings. The largest absolute Gasteiger partial charge is 0.419 e. The second kappa shape index (κ2) is 5.60. The van der Waals surface area contributed by atoms with Crippen molar-refractivity contribution < 1.29 is 13.2 Å². The number of hydrogen-bond acceptors (Lipinski definition) is 3. The molecule has 0 aromatic carbocycles. The minimum atomic E-state index is -4.44. The Labute approximate surface area is 132 Å². The van der Waals surface area contributed by atoms with E-state index in [0.29, 0.717) is 5.69 Å². The Morgan fingerprint density at radius 2 is 2.00 bits per heavy atom. The summed E-state index contributed by atoms with van der Waals surface area (Å²) in [5.74, 6) is -0.201. The highest BCUT2D eigenvalue weighted by Gasteiger charge is 2.34. The third kappa shape index (κ3) is 3.06. The minimum absolute atomic E-state index is 0.152. The fourth-order valence-electron chi connectivity index (χ4n) is 2.05. The average molecular weight is 371 g/mol. The molecule has 3 rings (SSSR count). The number of anilines is 1. The highest BCUT2D eigenvalue weighted by Crippen LogP contribution is 2.33. The van der Waals surface area contributed by atoms with Crippen molar-refractivity contribution in [1.29, 1.82) is 0 Å². The highest BCUT2D eigenvalue weighted by atomic mass is 79.9. The van der Waals surface area contributed by atoms with Gasteiger partial charge in [-0.15, -0.1) is 0 Å². The van der Waals surface area contributed by atoms with Crippen molar-refractivity contribution in [2.75, 3.05) is 5.32 Å². The van der Waals surface area contributed by atoms with Crippen LogP contribution >= 0.6 is 15.9 Å². The van der Waals surface area contributed by atoms with E-state index in [-0.39, 0.29) is 12.4 Å². The van der Waals surface area contributed by atoms with E-state index < -0.39 is 11.7 Å². The maximum atomic E-state index is 12.9. The van der Waals surface area contributed by atoms with E-state index in [2.05, 4.69) is 31.2 Å². The Morgan fingerprint density at radius 1 is 1.18 bits per heavy atom. The van der Waals surface area contributed by atoms with Gasteiger partial charge in [0.25, 0.3) is 0 Å². The van der Waals surface area contributed by atoms with Gasteiger partial charge in [-0.2, -0.15) is 13.2 Å². The first-order valence-electron chi connectivity index (χ1n) is 6.33. The Morgan fingerprint density at radius 3 is 2.77 bits per heavy atom. The lowest BCUT2D eigenvalue weighted by Crippen LogP contribution is -2.12. The molecule has 3 aromatic rings. The van der Waals surface area contributed by atoms with Gasteiger partial charge < -0.3 is 9.72 Å². The van der Waals surface area contributed by atoms with Crippen LogP contribution in [0.3, 0.4) is 0 Å². The summed E-state index contributed by atoms with van der Waals surface area (Å²) < 4.78 is 41.3. The predicted octanol–water partition coefficient (Wildman–Crippen LogP) is 4.12. The summed E-state index contributed by atoms with van der Waals surface area (Å²) in [6, 6.07) is 5.92. The van der Waals surface area contributed by atoms with Crippen LogP contribution in [0.1, 0.15) is 11.3 Å². The predicted molar refractivity (Wildman–Crippen MR) is 79.5 cm³/mol. The Balaban J connectivity index is 1.82. The normalized spacial score (nSPS) is 11.8. The van der Waals surface area contributed by atoms with Crippen LogP contribution in [-0.2, 0) is 12.7 Å². The number of rotatable bonds is 3. The Bertz CT molecular complexity index is 813. The number of nitrogens with zero attached hydrogens (tertiary/aromatic N) is 3. The zero-order valence-corrected chi connectivity index (χ0v) is 12.7. The molecule has 4 nitrogen and oxygen atoms in total. The molecule has 0 saturated heterocycles. The van der Waals surface area contributed by atoms with E-state index >= 15 is 0 Å². The molecule has 3 heterocycles. The molecule has 8 heteroatoms. The fraction of sp³-hybridized carbons (Fsp3) is 0.143. The zero-order chi connectivity index (χ0) is 15.7. The quantitative estimate of drug-likeness (QED) is 0.753. The number of halogens is 4. The van der Waals surface area contributed by atoms with Gasteiger partial charge in [0, 0.05) is 23.1 Å². The van der Waals surface area contributed by atoms with Gasteiger partial charge in [-0.1, -0.05) is 0 Å². The molecule has 3 aromatic heterocycles. The maximum Gasteiger partial charge on any atom is 0.419 e. The van der Waals surface area contributed by atoms with Crippen molar-refractivity contribution in [3.63, 3.8) is 0 Å². The molecule has 1 N–H and O–H groups in total. The van der Waals surface area contributed by atoms with E-state index in [1.807, 2.05) is 18.3 Å². The number of nitrogens with one attached hydrogen (secondary N) is 1. The molecule has 0 radical (unpaired) electrons. The minimum Gasteiger partial charge on any atom is -0.364 e. The Kier molecular flexibility index (Phi) is 3.78. The van der Waals surface area contributed by atoms with Crippen LogP contribution < -0.4 is 5.32 Å². The summed E-state index contributed by atoms with van der Waals surface area (Å²) in [5.41, 5.74) is 0.551. The van der Waals surface area contributed by atoms with Crippen LogP contribution in [0.4, 0.5) is 19.0 Å². The lowest BCUT2D eigenvalue weighted by atomic mass is 10.2. The first-order valence-corrected chi connectivity index (χ1v) is 7.12. The van der Waals surface area contributed by atoms with Crippen LogP contribution in [0, 0.1) is 0 Å². The molecule has 0 unspecified atom stereocenters. The molecule has 0 bridgehead atoms. The first kappa shape index (κ1) is 14.8. The van der Waals surface area contributed by atoms with Crippen molar-refractivity contribution in [3.05, 3.63) is 58.6 Å². The first-order chi connectivity index (χ1) is 10.4. The van der Waals surface area contributed by atoms with Crippen molar-refractivity contribution in [2.24, 2.45) is 0 Å². The molecule has 0 amide bonds. The zero-order valence-electron chi connectivity index (χ0n) is 11.1. The van der Waals surface area contributed by atoms with E-state index in [9.17, 15) is 13.2 Å². The third-order valence-electron chi connectivity index (χ3n) is 3.01. The SMILES string of the molecule is FC(F)(F)c1cccnc1NCc1cn2cc(Br)ccc2n1. The fourth-order valence-corrected chi connectivity index (χ4v) is 2.40. The number of fused-ring (bicyclic) bond motifs is 1. The summed E-state index contributed by atoms with van der Waals surface area (Å²) in [6.07, 6.45) is 0.454. The van der Waals surface area contributed by atoms with Crippen molar-refractivity contribution >= 4 is 27.4 Å². The Hall–Kier alpha value is -2.09. The number of pyridine rings is 2. The second-order valence-electron chi connectivity index (χ2n) is 4.60. The van der Waals surface area contributed by atoms with Gasteiger partial charge >= 0.3 is 6.18 Å². The summed E-state index contributed by atoms with van der Waals surface area (Å²) in [7, 11) is 0. The molecular weight excluding hydrogens is 361 g/mol. The summed E-state index contributed by atoms with van der Waals surface area (Å²) in [4.78, 5) is 8.09. The lowest BCUT2D eigenvalue weighted by Gasteiger charge is -2.12.